The molecule has 2 heterocycles. The third-order valence-corrected chi connectivity index (χ3v) is 5.52. The number of anilines is 1. The van der Waals surface area contributed by atoms with Crippen molar-refractivity contribution in [2.45, 2.75) is 63.8 Å². The van der Waals surface area contributed by atoms with Crippen LogP contribution in [0.2, 0.25) is 0 Å². The number of nitrogens with one attached hydrogen (secondary N) is 1. The van der Waals surface area contributed by atoms with Crippen molar-refractivity contribution in [1.29, 1.82) is 0 Å². The molecule has 1 N–H and O–H groups in total. The summed E-state index contributed by atoms with van der Waals surface area (Å²) in [5, 5.41) is 2.98. The van der Waals surface area contributed by atoms with Crippen LogP contribution in [0.3, 0.4) is 0 Å². The van der Waals surface area contributed by atoms with Gasteiger partial charge in [-0.15, -0.1) is 0 Å². The van der Waals surface area contributed by atoms with Gasteiger partial charge in [-0.3, -0.25) is 0 Å². The Kier molecular flexibility index (Phi) is 4.94. The van der Waals surface area contributed by atoms with Gasteiger partial charge in [0, 0.05) is 44.3 Å². The van der Waals surface area contributed by atoms with Crippen molar-refractivity contribution in [3.05, 3.63) is 18.2 Å². The summed E-state index contributed by atoms with van der Waals surface area (Å²) in [4.78, 5) is 14.4. The van der Waals surface area contributed by atoms with Crippen LogP contribution in [0.25, 0.3) is 0 Å². The third kappa shape index (κ3) is 3.61. The molecule has 1 atom stereocenters. The molecule has 1 aliphatic carbocycles. The molecular formula is C20H28N2O4. The summed E-state index contributed by atoms with van der Waals surface area (Å²) in [5.41, 5.74) is 0.732. The number of rotatable bonds is 4. The van der Waals surface area contributed by atoms with Crippen molar-refractivity contribution in [3.8, 4) is 11.5 Å². The summed E-state index contributed by atoms with van der Waals surface area (Å²) in [6.45, 7) is 4.07. The van der Waals surface area contributed by atoms with Crippen LogP contribution in [0.15, 0.2) is 18.2 Å². The van der Waals surface area contributed by atoms with Crippen molar-refractivity contribution in [1.82, 2.24) is 4.90 Å². The van der Waals surface area contributed by atoms with E-state index < -0.39 is 5.79 Å². The van der Waals surface area contributed by atoms with E-state index in [2.05, 4.69) is 5.32 Å². The van der Waals surface area contributed by atoms with E-state index in [0.717, 1.165) is 62.3 Å². The minimum atomic E-state index is -0.488. The summed E-state index contributed by atoms with van der Waals surface area (Å²) in [6, 6.07) is 5.54. The van der Waals surface area contributed by atoms with Gasteiger partial charge < -0.3 is 24.4 Å². The number of ether oxygens (including phenoxy) is 3. The Balaban J connectivity index is 1.39. The monoisotopic (exact) mass is 360 g/mol. The summed E-state index contributed by atoms with van der Waals surface area (Å²) < 4.78 is 17.9. The highest BCUT2D eigenvalue weighted by molar-refractivity contribution is 5.89. The van der Waals surface area contributed by atoms with Crippen LogP contribution in [0.5, 0.6) is 11.5 Å². The lowest BCUT2D eigenvalue weighted by Crippen LogP contribution is -2.40. The zero-order valence-corrected chi connectivity index (χ0v) is 15.5. The van der Waals surface area contributed by atoms with Crippen molar-refractivity contribution >= 4 is 11.7 Å². The number of nitrogens with zero attached hydrogens (tertiary/aromatic N) is 1. The first-order chi connectivity index (χ1) is 12.7. The standard InChI is InChI=1S/C20H28N2O4/c1-2-22(14-16-7-6-12-24-16)19(23)21-15-8-9-17-18(13-15)26-20(25-17)10-4-3-5-11-20/h8-9,13,16H,2-7,10-12,14H2,1H3,(H,21,23)/t16-/m1/s1. The molecule has 142 valence electrons. The highest BCUT2D eigenvalue weighted by atomic mass is 16.7. The molecule has 2 amide bonds. The van der Waals surface area contributed by atoms with Gasteiger partial charge in [-0.2, -0.15) is 0 Å². The molecule has 4 rings (SSSR count). The Morgan fingerprint density at radius 1 is 1.19 bits per heavy atom. The SMILES string of the molecule is CCN(C[C@H]1CCCO1)C(=O)Nc1ccc2c(c1)OC1(CCCCC1)O2. The number of likely N-dealkylation sites (N-methyl/N-ethyl adjacent to an activating group) is 1. The van der Waals surface area contributed by atoms with E-state index in [1.54, 1.807) is 4.90 Å². The zero-order chi connectivity index (χ0) is 18.0. The van der Waals surface area contributed by atoms with Crippen LogP contribution < -0.4 is 14.8 Å². The molecule has 1 saturated carbocycles. The van der Waals surface area contributed by atoms with E-state index in [0.29, 0.717) is 13.1 Å². The predicted molar refractivity (Wildman–Crippen MR) is 98.8 cm³/mol. The summed E-state index contributed by atoms with van der Waals surface area (Å²) in [6.07, 6.45) is 7.61. The minimum absolute atomic E-state index is 0.103. The number of benzene rings is 1. The Hall–Kier alpha value is -1.95. The second-order valence-electron chi connectivity index (χ2n) is 7.44. The van der Waals surface area contributed by atoms with Crippen molar-refractivity contribution in [3.63, 3.8) is 0 Å². The van der Waals surface area contributed by atoms with E-state index in [1.165, 1.54) is 6.42 Å². The van der Waals surface area contributed by atoms with Gasteiger partial charge in [0.15, 0.2) is 11.5 Å². The van der Waals surface area contributed by atoms with Gasteiger partial charge in [0.25, 0.3) is 5.79 Å². The molecule has 1 spiro atoms. The number of carbonyl (C=O) groups excluding carboxylic acids is 1. The highest BCUT2D eigenvalue weighted by Crippen LogP contribution is 2.46. The number of hydrogen-bond donors (Lipinski definition) is 1. The second-order valence-corrected chi connectivity index (χ2v) is 7.44. The number of amides is 2. The number of urea groups is 1. The normalized spacial score (nSPS) is 23.2. The van der Waals surface area contributed by atoms with Gasteiger partial charge in [-0.05, 0) is 44.7 Å². The van der Waals surface area contributed by atoms with Crippen LogP contribution in [-0.2, 0) is 4.74 Å². The average Bonchev–Trinajstić information content (AvgIpc) is 3.27. The van der Waals surface area contributed by atoms with Gasteiger partial charge in [-0.25, -0.2) is 4.79 Å². The second kappa shape index (κ2) is 7.35. The predicted octanol–water partition coefficient (Wildman–Crippen LogP) is 4.15. The molecule has 26 heavy (non-hydrogen) atoms. The molecule has 0 unspecified atom stereocenters. The van der Waals surface area contributed by atoms with Crippen LogP contribution in [0.4, 0.5) is 10.5 Å². The molecule has 6 heteroatoms. The van der Waals surface area contributed by atoms with Gasteiger partial charge in [0.1, 0.15) is 0 Å². The summed E-state index contributed by atoms with van der Waals surface area (Å²) >= 11 is 0. The third-order valence-electron chi connectivity index (χ3n) is 5.52. The van der Waals surface area contributed by atoms with E-state index >= 15 is 0 Å². The van der Waals surface area contributed by atoms with Gasteiger partial charge >= 0.3 is 6.03 Å². The summed E-state index contributed by atoms with van der Waals surface area (Å²) in [5.74, 6) is 1.02. The average molecular weight is 360 g/mol. The van der Waals surface area contributed by atoms with Crippen molar-refractivity contribution in [2.75, 3.05) is 25.0 Å². The van der Waals surface area contributed by atoms with E-state index in [4.69, 9.17) is 14.2 Å². The smallest absolute Gasteiger partial charge is 0.321 e. The molecule has 2 aliphatic heterocycles. The first-order valence-corrected chi connectivity index (χ1v) is 9.87. The van der Waals surface area contributed by atoms with E-state index in [9.17, 15) is 4.79 Å². The molecule has 1 aromatic carbocycles. The number of fused-ring (bicyclic) bond motifs is 1. The molecule has 3 aliphatic rings. The quantitative estimate of drug-likeness (QED) is 0.876. The minimum Gasteiger partial charge on any atom is -0.448 e. The molecule has 0 aromatic heterocycles. The van der Waals surface area contributed by atoms with E-state index in [-0.39, 0.29) is 12.1 Å². The Bertz CT molecular complexity index is 651. The fraction of sp³-hybridized carbons (Fsp3) is 0.650. The fourth-order valence-corrected chi connectivity index (χ4v) is 4.06. The van der Waals surface area contributed by atoms with Crippen molar-refractivity contribution in [2.24, 2.45) is 0 Å². The van der Waals surface area contributed by atoms with Crippen LogP contribution >= 0.6 is 0 Å². The lowest BCUT2D eigenvalue weighted by atomic mass is 9.94. The van der Waals surface area contributed by atoms with Crippen LogP contribution in [0.1, 0.15) is 51.9 Å². The Labute approximate surface area is 154 Å². The summed E-state index contributed by atoms with van der Waals surface area (Å²) in [7, 11) is 0. The molecule has 0 radical (unpaired) electrons. The van der Waals surface area contributed by atoms with Gasteiger partial charge in [0.05, 0.1) is 6.10 Å². The highest BCUT2D eigenvalue weighted by Gasteiger charge is 2.42. The zero-order valence-electron chi connectivity index (χ0n) is 15.5. The molecule has 6 nitrogen and oxygen atoms in total. The number of carbonyl (C=O) groups is 1. The maximum Gasteiger partial charge on any atom is 0.321 e. The van der Waals surface area contributed by atoms with Crippen LogP contribution in [-0.4, -0.2) is 42.5 Å². The Morgan fingerprint density at radius 3 is 2.73 bits per heavy atom. The lowest BCUT2D eigenvalue weighted by Gasteiger charge is -2.31. The largest absolute Gasteiger partial charge is 0.448 e. The molecule has 1 aromatic rings. The first-order valence-electron chi connectivity index (χ1n) is 9.87. The van der Waals surface area contributed by atoms with Gasteiger partial charge in [-0.1, -0.05) is 6.42 Å². The lowest BCUT2D eigenvalue weighted by molar-refractivity contribution is -0.105. The van der Waals surface area contributed by atoms with Crippen LogP contribution in [0, 0.1) is 0 Å². The maximum atomic E-state index is 12.6. The molecule has 2 fully saturated rings. The molecule has 0 bridgehead atoms. The van der Waals surface area contributed by atoms with E-state index in [1.807, 2.05) is 25.1 Å². The molecular weight excluding hydrogens is 332 g/mol. The molecule has 1 saturated heterocycles. The maximum absolute atomic E-state index is 12.6. The topological polar surface area (TPSA) is 60.0 Å². The number of hydrogen-bond acceptors (Lipinski definition) is 4. The van der Waals surface area contributed by atoms with Gasteiger partial charge in [0.2, 0.25) is 0 Å². The Morgan fingerprint density at radius 2 is 2.00 bits per heavy atom. The van der Waals surface area contributed by atoms with Crippen molar-refractivity contribution < 1.29 is 19.0 Å². The fourth-order valence-electron chi connectivity index (χ4n) is 4.06. The first kappa shape index (κ1) is 17.5.